The van der Waals surface area contributed by atoms with Gasteiger partial charge in [-0.2, -0.15) is 4.98 Å². The molecule has 0 spiro atoms. The first-order chi connectivity index (χ1) is 7.65. The van der Waals surface area contributed by atoms with Crippen molar-refractivity contribution in [1.82, 2.24) is 9.97 Å². The molecule has 1 rings (SSSR count). The molecule has 0 fully saturated rings. The molecular formula is C11H18ClN3O. The predicted octanol–water partition coefficient (Wildman–Crippen LogP) is 2.61. The summed E-state index contributed by atoms with van der Waals surface area (Å²) in [5, 5.41) is 3.43. The molecule has 0 radical (unpaired) electrons. The van der Waals surface area contributed by atoms with Crippen LogP contribution in [0.2, 0.25) is 0 Å². The maximum atomic E-state index is 6.02. The summed E-state index contributed by atoms with van der Waals surface area (Å²) in [6, 6.07) is 1.78. The van der Waals surface area contributed by atoms with E-state index < -0.39 is 0 Å². The van der Waals surface area contributed by atoms with E-state index in [-0.39, 0.29) is 5.38 Å². The molecule has 0 saturated heterocycles. The maximum Gasteiger partial charge on any atom is 0.218 e. The van der Waals surface area contributed by atoms with Crippen LogP contribution >= 0.6 is 11.6 Å². The molecule has 0 saturated carbocycles. The third-order valence-corrected chi connectivity index (χ3v) is 2.76. The third kappa shape index (κ3) is 4.23. The van der Waals surface area contributed by atoms with Gasteiger partial charge in [0.1, 0.15) is 11.6 Å². The number of anilines is 1. The van der Waals surface area contributed by atoms with Crippen LogP contribution in [-0.2, 0) is 0 Å². The van der Waals surface area contributed by atoms with Gasteiger partial charge in [-0.05, 0) is 19.8 Å². The van der Waals surface area contributed by atoms with E-state index in [1.54, 1.807) is 13.2 Å². The fourth-order valence-corrected chi connectivity index (χ4v) is 1.41. The van der Waals surface area contributed by atoms with Crippen LogP contribution in [0.4, 0.5) is 5.82 Å². The van der Waals surface area contributed by atoms with Gasteiger partial charge in [-0.15, -0.1) is 11.6 Å². The van der Waals surface area contributed by atoms with Crippen molar-refractivity contribution < 1.29 is 4.74 Å². The summed E-state index contributed by atoms with van der Waals surface area (Å²) in [5.74, 6) is 2.05. The standard InChI is InChI=1S/C11H18ClN3O/c1-4-9(12)5-6-13-10-7-11(16-3)15-8(2)14-10/h7,9H,4-6H2,1-3H3,(H,13,14,15). The molecule has 1 aromatic rings. The van der Waals surface area contributed by atoms with Crippen LogP contribution < -0.4 is 10.1 Å². The Hall–Kier alpha value is -1.03. The third-order valence-electron chi connectivity index (χ3n) is 2.23. The van der Waals surface area contributed by atoms with Gasteiger partial charge in [0.15, 0.2) is 0 Å². The first-order valence-electron chi connectivity index (χ1n) is 5.43. The van der Waals surface area contributed by atoms with Crippen LogP contribution in [0, 0.1) is 6.92 Å². The van der Waals surface area contributed by atoms with Crippen molar-refractivity contribution in [3.63, 3.8) is 0 Å². The van der Waals surface area contributed by atoms with Crippen LogP contribution in [0.25, 0.3) is 0 Å². The van der Waals surface area contributed by atoms with Crippen LogP contribution in [0.15, 0.2) is 6.07 Å². The van der Waals surface area contributed by atoms with Gasteiger partial charge < -0.3 is 10.1 Å². The zero-order valence-electron chi connectivity index (χ0n) is 9.96. The molecule has 0 aliphatic carbocycles. The first kappa shape index (κ1) is 13.0. The van der Waals surface area contributed by atoms with Gasteiger partial charge in [0.25, 0.3) is 0 Å². The molecule has 0 bridgehead atoms. The molecule has 1 aromatic heterocycles. The molecule has 90 valence electrons. The van der Waals surface area contributed by atoms with Gasteiger partial charge in [0.2, 0.25) is 5.88 Å². The second-order valence-electron chi connectivity index (χ2n) is 3.56. The molecule has 0 aromatic carbocycles. The van der Waals surface area contributed by atoms with E-state index >= 15 is 0 Å². The lowest BCUT2D eigenvalue weighted by molar-refractivity contribution is 0.396. The summed E-state index contributed by atoms with van der Waals surface area (Å²) in [6.45, 7) is 4.72. The summed E-state index contributed by atoms with van der Waals surface area (Å²) in [4.78, 5) is 8.37. The number of nitrogens with one attached hydrogen (secondary N) is 1. The monoisotopic (exact) mass is 243 g/mol. The summed E-state index contributed by atoms with van der Waals surface area (Å²) in [5.41, 5.74) is 0. The van der Waals surface area contributed by atoms with Crippen molar-refractivity contribution in [2.75, 3.05) is 19.0 Å². The van der Waals surface area contributed by atoms with Crippen LogP contribution in [-0.4, -0.2) is 29.0 Å². The molecule has 1 unspecified atom stereocenters. The Balaban J connectivity index is 2.50. The Kier molecular flexibility index (Phi) is 5.32. The lowest BCUT2D eigenvalue weighted by Gasteiger charge is -2.09. The van der Waals surface area contributed by atoms with Crippen LogP contribution in [0.1, 0.15) is 25.6 Å². The van der Waals surface area contributed by atoms with E-state index in [1.165, 1.54) is 0 Å². The van der Waals surface area contributed by atoms with Gasteiger partial charge >= 0.3 is 0 Å². The molecule has 0 aliphatic rings. The van der Waals surface area contributed by atoms with Crippen molar-refractivity contribution in [3.8, 4) is 5.88 Å². The van der Waals surface area contributed by atoms with Gasteiger partial charge in [0, 0.05) is 18.0 Å². The van der Waals surface area contributed by atoms with E-state index in [9.17, 15) is 0 Å². The van der Waals surface area contributed by atoms with Crippen molar-refractivity contribution >= 4 is 17.4 Å². The number of aromatic nitrogens is 2. The Bertz CT molecular complexity index is 333. The zero-order valence-corrected chi connectivity index (χ0v) is 10.7. The topological polar surface area (TPSA) is 47.0 Å². The number of hydrogen-bond donors (Lipinski definition) is 1. The molecule has 1 atom stereocenters. The highest BCUT2D eigenvalue weighted by Gasteiger charge is 2.03. The van der Waals surface area contributed by atoms with E-state index in [0.717, 1.165) is 25.2 Å². The average Bonchev–Trinajstić information content (AvgIpc) is 2.28. The minimum absolute atomic E-state index is 0.220. The zero-order chi connectivity index (χ0) is 12.0. The molecule has 1 heterocycles. The number of ether oxygens (including phenoxy) is 1. The molecule has 1 N–H and O–H groups in total. The highest BCUT2D eigenvalue weighted by molar-refractivity contribution is 6.20. The minimum Gasteiger partial charge on any atom is -0.481 e. The number of halogens is 1. The summed E-state index contributed by atoms with van der Waals surface area (Å²) < 4.78 is 5.07. The van der Waals surface area contributed by atoms with E-state index in [1.807, 2.05) is 6.92 Å². The normalized spacial score (nSPS) is 12.2. The molecular weight excluding hydrogens is 226 g/mol. The molecule has 4 nitrogen and oxygen atoms in total. The molecule has 5 heteroatoms. The lowest BCUT2D eigenvalue weighted by atomic mass is 10.2. The highest BCUT2D eigenvalue weighted by atomic mass is 35.5. The van der Waals surface area contributed by atoms with Crippen LogP contribution in [0.5, 0.6) is 5.88 Å². The fourth-order valence-electron chi connectivity index (χ4n) is 1.30. The smallest absolute Gasteiger partial charge is 0.218 e. The van der Waals surface area contributed by atoms with E-state index in [0.29, 0.717) is 11.7 Å². The number of hydrogen-bond acceptors (Lipinski definition) is 4. The van der Waals surface area contributed by atoms with Gasteiger partial charge in [-0.1, -0.05) is 6.92 Å². The van der Waals surface area contributed by atoms with Crippen molar-refractivity contribution in [2.24, 2.45) is 0 Å². The quantitative estimate of drug-likeness (QED) is 0.781. The number of rotatable bonds is 6. The summed E-state index contributed by atoms with van der Waals surface area (Å²) in [6.07, 6.45) is 1.90. The Labute approximate surface area is 101 Å². The van der Waals surface area contributed by atoms with E-state index in [4.69, 9.17) is 16.3 Å². The van der Waals surface area contributed by atoms with Gasteiger partial charge in [0.05, 0.1) is 7.11 Å². The summed E-state index contributed by atoms with van der Waals surface area (Å²) in [7, 11) is 1.59. The van der Waals surface area contributed by atoms with Crippen molar-refractivity contribution in [3.05, 3.63) is 11.9 Å². The van der Waals surface area contributed by atoms with Gasteiger partial charge in [-0.3, -0.25) is 0 Å². The number of alkyl halides is 1. The van der Waals surface area contributed by atoms with Crippen LogP contribution in [0.3, 0.4) is 0 Å². The molecule has 16 heavy (non-hydrogen) atoms. The minimum atomic E-state index is 0.220. The number of aryl methyl sites for hydroxylation is 1. The second-order valence-corrected chi connectivity index (χ2v) is 4.18. The van der Waals surface area contributed by atoms with E-state index in [2.05, 4.69) is 22.2 Å². The average molecular weight is 244 g/mol. The molecule has 0 amide bonds. The molecule has 0 aliphatic heterocycles. The predicted molar refractivity (Wildman–Crippen MR) is 66.4 cm³/mol. The van der Waals surface area contributed by atoms with Gasteiger partial charge in [-0.25, -0.2) is 4.98 Å². The lowest BCUT2D eigenvalue weighted by Crippen LogP contribution is -2.10. The second kappa shape index (κ2) is 6.53. The number of methoxy groups -OCH3 is 1. The fraction of sp³-hybridized carbons (Fsp3) is 0.636. The summed E-state index contributed by atoms with van der Waals surface area (Å²) >= 11 is 6.02. The highest BCUT2D eigenvalue weighted by Crippen LogP contribution is 2.13. The SMILES string of the molecule is CCC(Cl)CCNc1cc(OC)nc(C)n1. The number of nitrogens with zero attached hydrogens (tertiary/aromatic N) is 2. The Morgan fingerprint density at radius 2 is 2.25 bits per heavy atom. The first-order valence-corrected chi connectivity index (χ1v) is 5.87. The largest absolute Gasteiger partial charge is 0.481 e. The Morgan fingerprint density at radius 1 is 1.50 bits per heavy atom. The maximum absolute atomic E-state index is 6.02. The van der Waals surface area contributed by atoms with Crippen molar-refractivity contribution in [2.45, 2.75) is 32.1 Å². The Morgan fingerprint density at radius 3 is 2.88 bits per heavy atom. The van der Waals surface area contributed by atoms with Crippen molar-refractivity contribution in [1.29, 1.82) is 0 Å².